The van der Waals surface area contributed by atoms with Crippen molar-refractivity contribution < 1.29 is 14.1 Å². The van der Waals surface area contributed by atoms with Crippen molar-refractivity contribution in [3.8, 4) is 5.75 Å². The fraction of sp³-hybridized carbons (Fsp3) is 0.545. The van der Waals surface area contributed by atoms with Gasteiger partial charge in [-0.1, -0.05) is 31.1 Å². The summed E-state index contributed by atoms with van der Waals surface area (Å²) >= 11 is 0. The zero-order valence-corrected chi connectivity index (χ0v) is 17.9. The number of carbonyl (C=O) groups is 1. The number of hydrogen-bond acceptors (Lipinski definition) is 6. The fourth-order valence-corrected chi connectivity index (χ4v) is 3.70. The second kappa shape index (κ2) is 9.89. The van der Waals surface area contributed by atoms with Crippen LogP contribution in [0.4, 0.5) is 0 Å². The Morgan fingerprint density at radius 2 is 1.83 bits per heavy atom. The second-order valence-corrected chi connectivity index (χ2v) is 8.04. The molecule has 1 fully saturated rings. The topological polar surface area (TPSA) is 70.8 Å². The van der Waals surface area contributed by atoms with Gasteiger partial charge in [-0.05, 0) is 30.5 Å². The first-order chi connectivity index (χ1) is 13.9. The molecule has 158 valence electrons. The Hall–Kier alpha value is -2.38. The molecule has 0 aliphatic carbocycles. The number of aryl methyl sites for hydroxylation is 1. The number of nitrogens with one attached hydrogen (secondary N) is 1. The van der Waals surface area contributed by atoms with Crippen molar-refractivity contribution in [2.45, 2.75) is 33.4 Å². The molecular weight excluding hydrogens is 368 g/mol. The average Bonchev–Trinajstić information content (AvgIpc) is 3.12. The molecule has 1 aliphatic rings. The first-order valence-electron chi connectivity index (χ1n) is 10.2. The summed E-state index contributed by atoms with van der Waals surface area (Å²) in [6.45, 7) is 11.0. The number of carbonyl (C=O) groups excluding carboxylic acids is 1. The first-order valence-corrected chi connectivity index (χ1v) is 10.2. The second-order valence-electron chi connectivity index (χ2n) is 8.04. The van der Waals surface area contributed by atoms with Crippen LogP contribution < -0.4 is 10.1 Å². The van der Waals surface area contributed by atoms with E-state index in [-0.39, 0.29) is 11.9 Å². The predicted octanol–water partition coefficient (Wildman–Crippen LogP) is 2.62. The van der Waals surface area contributed by atoms with Gasteiger partial charge < -0.3 is 14.6 Å². The predicted molar refractivity (Wildman–Crippen MR) is 112 cm³/mol. The van der Waals surface area contributed by atoms with Gasteiger partial charge in [0.2, 0.25) is 5.91 Å². The number of benzene rings is 1. The number of ether oxygens (including phenoxy) is 1. The standard InChI is InChI=1S/C22H32N4O3/c1-16(2)22(18-5-7-20(28-4)8-6-18)23-21(27)15-26-11-9-25(10-12-26)14-19-13-17(3)29-24-19/h5-8,13,16,22H,9-12,14-15H2,1-4H3,(H,23,27). The van der Waals surface area contributed by atoms with E-state index < -0.39 is 0 Å². The summed E-state index contributed by atoms with van der Waals surface area (Å²) in [5.74, 6) is 2.03. The molecule has 1 N–H and O–H groups in total. The van der Waals surface area contributed by atoms with Crippen LogP contribution >= 0.6 is 0 Å². The van der Waals surface area contributed by atoms with E-state index in [9.17, 15) is 4.79 Å². The SMILES string of the molecule is COc1ccc(C(NC(=O)CN2CCN(Cc3cc(C)on3)CC2)C(C)C)cc1. The minimum atomic E-state index is -0.00917. The molecule has 29 heavy (non-hydrogen) atoms. The highest BCUT2D eigenvalue weighted by molar-refractivity contribution is 5.78. The van der Waals surface area contributed by atoms with Crippen LogP contribution in [0.25, 0.3) is 0 Å². The van der Waals surface area contributed by atoms with Crippen molar-refractivity contribution in [1.82, 2.24) is 20.3 Å². The van der Waals surface area contributed by atoms with E-state index in [0.717, 1.165) is 55.5 Å². The third kappa shape index (κ3) is 6.05. The minimum Gasteiger partial charge on any atom is -0.497 e. The zero-order chi connectivity index (χ0) is 20.8. The lowest BCUT2D eigenvalue weighted by Gasteiger charge is -2.34. The lowest BCUT2D eigenvalue weighted by molar-refractivity contribution is -0.123. The largest absolute Gasteiger partial charge is 0.497 e. The van der Waals surface area contributed by atoms with E-state index in [0.29, 0.717) is 12.5 Å². The summed E-state index contributed by atoms with van der Waals surface area (Å²) in [6.07, 6.45) is 0. The maximum Gasteiger partial charge on any atom is 0.234 e. The molecule has 7 nitrogen and oxygen atoms in total. The summed E-state index contributed by atoms with van der Waals surface area (Å²) in [6, 6.07) is 9.89. The van der Waals surface area contributed by atoms with Crippen molar-refractivity contribution in [3.05, 3.63) is 47.3 Å². The number of piperazine rings is 1. The number of aromatic nitrogens is 1. The number of nitrogens with zero attached hydrogens (tertiary/aromatic N) is 3. The van der Waals surface area contributed by atoms with Gasteiger partial charge in [0.15, 0.2) is 0 Å². The highest BCUT2D eigenvalue weighted by Crippen LogP contribution is 2.24. The van der Waals surface area contributed by atoms with Crippen LogP contribution in [0.2, 0.25) is 0 Å². The van der Waals surface area contributed by atoms with Crippen LogP contribution in [-0.4, -0.2) is 60.7 Å². The van der Waals surface area contributed by atoms with Gasteiger partial charge in [0.1, 0.15) is 11.5 Å². The molecular formula is C22H32N4O3. The molecule has 1 aromatic carbocycles. The molecule has 0 bridgehead atoms. The third-order valence-corrected chi connectivity index (χ3v) is 5.35. The van der Waals surface area contributed by atoms with E-state index in [4.69, 9.17) is 9.26 Å². The van der Waals surface area contributed by atoms with Gasteiger partial charge in [0.05, 0.1) is 25.4 Å². The number of rotatable bonds is 8. The fourth-order valence-electron chi connectivity index (χ4n) is 3.70. The molecule has 1 aliphatic heterocycles. The van der Waals surface area contributed by atoms with E-state index in [1.54, 1.807) is 7.11 Å². The molecule has 3 rings (SSSR count). The van der Waals surface area contributed by atoms with Crippen molar-refractivity contribution in [2.75, 3.05) is 39.8 Å². The molecule has 1 unspecified atom stereocenters. The van der Waals surface area contributed by atoms with Gasteiger partial charge >= 0.3 is 0 Å². The van der Waals surface area contributed by atoms with Crippen LogP contribution in [0.3, 0.4) is 0 Å². The lowest BCUT2D eigenvalue weighted by atomic mass is 9.96. The van der Waals surface area contributed by atoms with E-state index in [1.165, 1.54) is 0 Å². The molecule has 1 aromatic heterocycles. The summed E-state index contributed by atoms with van der Waals surface area (Å²) in [5, 5.41) is 7.28. The lowest BCUT2D eigenvalue weighted by Crippen LogP contribution is -2.49. The van der Waals surface area contributed by atoms with Gasteiger partial charge in [0, 0.05) is 38.8 Å². The van der Waals surface area contributed by atoms with Crippen LogP contribution in [-0.2, 0) is 11.3 Å². The van der Waals surface area contributed by atoms with E-state index >= 15 is 0 Å². The molecule has 7 heteroatoms. The molecule has 1 amide bonds. The molecule has 2 aromatic rings. The quantitative estimate of drug-likeness (QED) is 0.735. The molecule has 1 atom stereocenters. The highest BCUT2D eigenvalue weighted by Gasteiger charge is 2.23. The normalized spacial score (nSPS) is 16.7. The third-order valence-electron chi connectivity index (χ3n) is 5.35. The Kier molecular flexibility index (Phi) is 7.28. The monoisotopic (exact) mass is 400 g/mol. The Morgan fingerprint density at radius 3 is 2.38 bits per heavy atom. The van der Waals surface area contributed by atoms with Crippen LogP contribution in [0, 0.1) is 12.8 Å². The van der Waals surface area contributed by atoms with Crippen molar-refractivity contribution in [2.24, 2.45) is 5.92 Å². The molecule has 0 saturated carbocycles. The van der Waals surface area contributed by atoms with Gasteiger partial charge in [-0.2, -0.15) is 0 Å². The Labute approximate surface area is 173 Å². The van der Waals surface area contributed by atoms with Crippen LogP contribution in [0.5, 0.6) is 5.75 Å². The maximum atomic E-state index is 12.7. The van der Waals surface area contributed by atoms with Crippen LogP contribution in [0.15, 0.2) is 34.9 Å². The van der Waals surface area contributed by atoms with Gasteiger partial charge in [-0.3, -0.25) is 14.6 Å². The maximum absolute atomic E-state index is 12.7. The molecule has 1 saturated heterocycles. The number of methoxy groups -OCH3 is 1. The average molecular weight is 401 g/mol. The van der Waals surface area contributed by atoms with Crippen molar-refractivity contribution in [1.29, 1.82) is 0 Å². The van der Waals surface area contributed by atoms with Gasteiger partial charge in [0.25, 0.3) is 0 Å². The van der Waals surface area contributed by atoms with Crippen molar-refractivity contribution >= 4 is 5.91 Å². The van der Waals surface area contributed by atoms with Crippen molar-refractivity contribution in [3.63, 3.8) is 0 Å². The highest BCUT2D eigenvalue weighted by atomic mass is 16.5. The van der Waals surface area contributed by atoms with Crippen LogP contribution in [0.1, 0.15) is 36.9 Å². The van der Waals surface area contributed by atoms with E-state index in [1.807, 2.05) is 37.3 Å². The number of hydrogen-bond donors (Lipinski definition) is 1. The first kappa shape index (κ1) is 21.3. The Bertz CT molecular complexity index is 780. The number of amides is 1. The Morgan fingerprint density at radius 1 is 1.17 bits per heavy atom. The summed E-state index contributed by atoms with van der Waals surface area (Å²) in [4.78, 5) is 17.2. The summed E-state index contributed by atoms with van der Waals surface area (Å²) in [5.41, 5.74) is 2.06. The minimum absolute atomic E-state index is 0.00917. The summed E-state index contributed by atoms with van der Waals surface area (Å²) in [7, 11) is 1.66. The smallest absolute Gasteiger partial charge is 0.234 e. The van der Waals surface area contributed by atoms with E-state index in [2.05, 4.69) is 34.1 Å². The van der Waals surface area contributed by atoms with Gasteiger partial charge in [-0.25, -0.2) is 0 Å². The Balaban J connectivity index is 1.47. The molecule has 0 radical (unpaired) electrons. The molecule has 2 heterocycles. The molecule has 0 spiro atoms. The van der Waals surface area contributed by atoms with Gasteiger partial charge in [-0.15, -0.1) is 0 Å². The zero-order valence-electron chi connectivity index (χ0n) is 17.9. The summed E-state index contributed by atoms with van der Waals surface area (Å²) < 4.78 is 10.4.